The maximum atomic E-state index is 13.5. The van der Waals surface area contributed by atoms with Crippen molar-refractivity contribution in [1.29, 1.82) is 0 Å². The molecule has 4 rings (SSSR count). The second-order valence-electron chi connectivity index (χ2n) is 7.72. The molecule has 1 aliphatic rings. The van der Waals surface area contributed by atoms with Crippen molar-refractivity contribution in [3.05, 3.63) is 66.4 Å². The van der Waals surface area contributed by atoms with Crippen LogP contribution in [0, 0.1) is 5.92 Å². The molecule has 0 spiro atoms. The monoisotopic (exact) mass is 433 g/mol. The Hall–Kier alpha value is -3.61. The van der Waals surface area contributed by atoms with Crippen LogP contribution in [0.3, 0.4) is 0 Å². The lowest BCUT2D eigenvalue weighted by atomic mass is 9.96. The normalized spacial score (nSPS) is 14.2. The molecule has 1 amide bonds. The van der Waals surface area contributed by atoms with Gasteiger partial charge in [0.2, 0.25) is 0 Å². The Balaban J connectivity index is 1.62. The van der Waals surface area contributed by atoms with Gasteiger partial charge in [-0.05, 0) is 56.2 Å². The van der Waals surface area contributed by atoms with E-state index in [1.807, 2.05) is 61.5 Å². The van der Waals surface area contributed by atoms with E-state index in [0.717, 1.165) is 17.0 Å². The second-order valence-corrected chi connectivity index (χ2v) is 7.72. The van der Waals surface area contributed by atoms with Crippen molar-refractivity contribution in [3.8, 4) is 22.7 Å². The third-order valence-electron chi connectivity index (χ3n) is 5.73. The number of esters is 1. The number of ether oxygens (including phenoxy) is 2. The predicted molar refractivity (Wildman–Crippen MR) is 121 cm³/mol. The number of carbonyl (C=O) groups is 2. The highest BCUT2D eigenvalue weighted by molar-refractivity contribution is 6.00. The summed E-state index contributed by atoms with van der Waals surface area (Å²) in [5.41, 5.74) is 2.87. The number of para-hydroxylation sites is 1. The molecule has 32 heavy (non-hydrogen) atoms. The molecule has 7 nitrogen and oxygen atoms in total. The highest BCUT2D eigenvalue weighted by atomic mass is 16.5. The number of hydrogen-bond donors (Lipinski definition) is 0. The summed E-state index contributed by atoms with van der Waals surface area (Å²) in [6, 6.07) is 17.2. The molecule has 3 aromatic rings. The van der Waals surface area contributed by atoms with E-state index in [-0.39, 0.29) is 17.8 Å². The number of likely N-dealkylation sites (tertiary alicyclic amines) is 1. The van der Waals surface area contributed by atoms with Crippen LogP contribution in [0.25, 0.3) is 16.9 Å². The van der Waals surface area contributed by atoms with Crippen molar-refractivity contribution in [2.45, 2.75) is 19.8 Å². The van der Waals surface area contributed by atoms with Crippen molar-refractivity contribution >= 4 is 11.9 Å². The largest absolute Gasteiger partial charge is 0.497 e. The summed E-state index contributed by atoms with van der Waals surface area (Å²) in [5.74, 6) is 0.341. The summed E-state index contributed by atoms with van der Waals surface area (Å²) >= 11 is 0. The first-order valence-corrected chi connectivity index (χ1v) is 10.9. The van der Waals surface area contributed by atoms with E-state index in [4.69, 9.17) is 14.6 Å². The van der Waals surface area contributed by atoms with E-state index >= 15 is 0 Å². The van der Waals surface area contributed by atoms with E-state index < -0.39 is 0 Å². The SMILES string of the molecule is CCOC(=O)C1CCN(C(=O)c2cn(-c3ccccc3)nc2-c2ccc(OC)cc2)CC1. The smallest absolute Gasteiger partial charge is 0.309 e. The number of nitrogens with zero attached hydrogens (tertiary/aromatic N) is 3. The van der Waals surface area contributed by atoms with Gasteiger partial charge < -0.3 is 14.4 Å². The summed E-state index contributed by atoms with van der Waals surface area (Å²) < 4.78 is 12.1. The summed E-state index contributed by atoms with van der Waals surface area (Å²) in [6.07, 6.45) is 3.00. The van der Waals surface area contributed by atoms with Crippen LogP contribution in [-0.4, -0.2) is 53.4 Å². The van der Waals surface area contributed by atoms with Gasteiger partial charge in [-0.1, -0.05) is 18.2 Å². The van der Waals surface area contributed by atoms with E-state index in [1.165, 1.54) is 0 Å². The molecule has 2 heterocycles. The average molecular weight is 434 g/mol. The van der Waals surface area contributed by atoms with E-state index in [2.05, 4.69) is 0 Å². The minimum atomic E-state index is -0.171. The fraction of sp³-hybridized carbons (Fsp3) is 0.320. The van der Waals surface area contributed by atoms with Crippen LogP contribution in [0.1, 0.15) is 30.1 Å². The Morgan fingerprint density at radius 1 is 1.03 bits per heavy atom. The Kier molecular flexibility index (Phi) is 6.54. The lowest BCUT2D eigenvalue weighted by molar-refractivity contribution is -0.149. The molecule has 0 aliphatic carbocycles. The quantitative estimate of drug-likeness (QED) is 0.550. The molecular weight excluding hydrogens is 406 g/mol. The molecule has 0 saturated carbocycles. The third kappa shape index (κ3) is 4.51. The Bertz CT molecular complexity index is 1070. The van der Waals surface area contributed by atoms with Gasteiger partial charge in [-0.15, -0.1) is 0 Å². The van der Waals surface area contributed by atoms with Crippen molar-refractivity contribution < 1.29 is 19.1 Å². The Morgan fingerprint density at radius 2 is 1.72 bits per heavy atom. The minimum Gasteiger partial charge on any atom is -0.497 e. The van der Waals surface area contributed by atoms with E-state index in [1.54, 1.807) is 22.9 Å². The van der Waals surface area contributed by atoms with Gasteiger partial charge in [0, 0.05) is 24.8 Å². The molecule has 0 unspecified atom stereocenters. The van der Waals surface area contributed by atoms with Gasteiger partial charge in [-0.3, -0.25) is 9.59 Å². The summed E-state index contributed by atoms with van der Waals surface area (Å²) in [6.45, 7) is 3.21. The van der Waals surface area contributed by atoms with Crippen molar-refractivity contribution in [2.24, 2.45) is 5.92 Å². The number of aromatic nitrogens is 2. The summed E-state index contributed by atoms with van der Waals surface area (Å²) in [7, 11) is 1.62. The Labute approximate surface area is 187 Å². The van der Waals surface area contributed by atoms with Crippen LogP contribution >= 0.6 is 0 Å². The van der Waals surface area contributed by atoms with Gasteiger partial charge in [0.25, 0.3) is 5.91 Å². The van der Waals surface area contributed by atoms with Gasteiger partial charge in [0.15, 0.2) is 0 Å². The van der Waals surface area contributed by atoms with Crippen LogP contribution < -0.4 is 4.74 Å². The topological polar surface area (TPSA) is 73.7 Å². The molecule has 7 heteroatoms. The highest BCUT2D eigenvalue weighted by Crippen LogP contribution is 2.28. The van der Waals surface area contributed by atoms with Crippen molar-refractivity contribution in [1.82, 2.24) is 14.7 Å². The first-order chi connectivity index (χ1) is 15.6. The maximum Gasteiger partial charge on any atom is 0.309 e. The lowest BCUT2D eigenvalue weighted by Gasteiger charge is -2.30. The molecule has 0 atom stereocenters. The van der Waals surface area contributed by atoms with Crippen LogP contribution in [0.4, 0.5) is 0 Å². The standard InChI is InChI=1S/C25H27N3O4/c1-3-32-25(30)19-13-15-27(16-14-19)24(29)22-17-28(20-7-5-4-6-8-20)26-23(22)18-9-11-21(31-2)12-10-18/h4-12,17,19H,3,13-16H2,1-2H3. The maximum absolute atomic E-state index is 13.5. The fourth-order valence-corrected chi connectivity index (χ4v) is 3.95. The number of methoxy groups -OCH3 is 1. The zero-order chi connectivity index (χ0) is 22.5. The van der Waals surface area contributed by atoms with Crippen LogP contribution in [-0.2, 0) is 9.53 Å². The molecule has 166 valence electrons. The van der Waals surface area contributed by atoms with Crippen molar-refractivity contribution in [2.75, 3.05) is 26.8 Å². The van der Waals surface area contributed by atoms with Crippen LogP contribution in [0.15, 0.2) is 60.8 Å². The Morgan fingerprint density at radius 3 is 2.34 bits per heavy atom. The predicted octanol–water partition coefficient (Wildman–Crippen LogP) is 3.96. The summed E-state index contributed by atoms with van der Waals surface area (Å²) in [5, 5.41) is 4.74. The van der Waals surface area contributed by atoms with Gasteiger partial charge in [-0.25, -0.2) is 4.68 Å². The van der Waals surface area contributed by atoms with Crippen LogP contribution in [0.2, 0.25) is 0 Å². The molecule has 1 aromatic heterocycles. The zero-order valence-electron chi connectivity index (χ0n) is 18.4. The van der Waals surface area contributed by atoms with Gasteiger partial charge in [0.05, 0.1) is 30.9 Å². The summed E-state index contributed by atoms with van der Waals surface area (Å²) in [4.78, 5) is 27.3. The van der Waals surface area contributed by atoms with E-state index in [9.17, 15) is 9.59 Å². The van der Waals surface area contributed by atoms with Gasteiger partial charge in [0.1, 0.15) is 11.4 Å². The number of amides is 1. The lowest BCUT2D eigenvalue weighted by Crippen LogP contribution is -2.40. The number of benzene rings is 2. The number of piperidine rings is 1. The zero-order valence-corrected chi connectivity index (χ0v) is 18.4. The third-order valence-corrected chi connectivity index (χ3v) is 5.73. The number of carbonyl (C=O) groups excluding carboxylic acids is 2. The second kappa shape index (κ2) is 9.68. The van der Waals surface area contributed by atoms with Gasteiger partial charge in [-0.2, -0.15) is 5.10 Å². The van der Waals surface area contributed by atoms with E-state index in [0.29, 0.717) is 43.8 Å². The molecule has 1 aliphatic heterocycles. The average Bonchev–Trinajstić information content (AvgIpc) is 3.30. The molecule has 0 N–H and O–H groups in total. The van der Waals surface area contributed by atoms with Crippen molar-refractivity contribution in [3.63, 3.8) is 0 Å². The highest BCUT2D eigenvalue weighted by Gasteiger charge is 2.30. The minimum absolute atomic E-state index is 0.0830. The first kappa shape index (κ1) is 21.6. The molecule has 0 bridgehead atoms. The molecule has 1 fully saturated rings. The number of hydrogen-bond acceptors (Lipinski definition) is 5. The van der Waals surface area contributed by atoms with Crippen LogP contribution in [0.5, 0.6) is 5.75 Å². The molecule has 0 radical (unpaired) electrons. The first-order valence-electron chi connectivity index (χ1n) is 10.9. The fourth-order valence-electron chi connectivity index (χ4n) is 3.95. The number of rotatable bonds is 6. The molecular formula is C25H27N3O4. The molecule has 2 aromatic carbocycles. The van der Waals surface area contributed by atoms with Gasteiger partial charge >= 0.3 is 5.97 Å². The molecule has 1 saturated heterocycles.